The molecular formula is C5H7NO4. The molecule has 0 amide bonds. The molecule has 3 atom stereocenters. The second-order valence-electron chi connectivity index (χ2n) is 2.31. The second-order valence-corrected chi connectivity index (χ2v) is 2.31. The molecule has 0 spiro atoms. The molecule has 10 heavy (non-hydrogen) atoms. The molecule has 0 aromatic heterocycles. The fourth-order valence-electron chi connectivity index (χ4n) is 0.977. The first-order valence-corrected chi connectivity index (χ1v) is 2.94. The van der Waals surface area contributed by atoms with E-state index in [4.69, 9.17) is 9.99 Å². The van der Waals surface area contributed by atoms with Crippen molar-refractivity contribution >= 4 is 0 Å². The molecule has 2 aliphatic rings. The number of rotatable bonds is 1. The zero-order valence-corrected chi connectivity index (χ0v) is 5.02. The van der Waals surface area contributed by atoms with Crippen LogP contribution in [0.1, 0.15) is 0 Å². The second kappa shape index (κ2) is 1.85. The summed E-state index contributed by atoms with van der Waals surface area (Å²) in [6.45, 7) is 0. The van der Waals surface area contributed by atoms with Crippen molar-refractivity contribution in [3.05, 3.63) is 12.0 Å². The van der Waals surface area contributed by atoms with E-state index in [-0.39, 0.29) is 18.0 Å². The molecule has 2 rings (SSSR count). The Bertz CT molecular complexity index is 180. The fourth-order valence-corrected chi connectivity index (χ4v) is 0.977. The van der Waals surface area contributed by atoms with Crippen LogP contribution in [0.3, 0.4) is 0 Å². The van der Waals surface area contributed by atoms with Crippen molar-refractivity contribution in [3.63, 3.8) is 0 Å². The maximum atomic E-state index is 9.18. The van der Waals surface area contributed by atoms with Crippen molar-refractivity contribution in [2.75, 3.05) is 0 Å². The van der Waals surface area contributed by atoms with Crippen molar-refractivity contribution in [2.24, 2.45) is 0 Å². The van der Waals surface area contributed by atoms with E-state index in [0.29, 0.717) is 0 Å². The van der Waals surface area contributed by atoms with Crippen LogP contribution in [-0.2, 0) is 9.62 Å². The predicted molar refractivity (Wildman–Crippen MR) is 29.6 cm³/mol. The standard InChI is InChI=1S/C5H7NO4/c7-4-2(10-8)1-9-5-3(4)6-5/h1,3-8H. The van der Waals surface area contributed by atoms with Gasteiger partial charge in [-0.25, -0.2) is 5.26 Å². The lowest BCUT2D eigenvalue weighted by molar-refractivity contribution is -0.221. The smallest absolute Gasteiger partial charge is 0.206 e. The van der Waals surface area contributed by atoms with E-state index in [1.807, 2.05) is 0 Å². The number of aliphatic hydroxyl groups excluding tert-OH is 1. The Hall–Kier alpha value is -0.780. The third-order valence-corrected chi connectivity index (χ3v) is 1.64. The van der Waals surface area contributed by atoms with Crippen LogP contribution in [0.15, 0.2) is 12.0 Å². The molecular weight excluding hydrogens is 138 g/mol. The van der Waals surface area contributed by atoms with E-state index in [1.54, 1.807) is 0 Å². The van der Waals surface area contributed by atoms with Crippen molar-refractivity contribution in [1.29, 1.82) is 0 Å². The van der Waals surface area contributed by atoms with Crippen molar-refractivity contribution in [2.45, 2.75) is 18.4 Å². The Balaban J connectivity index is 2.12. The Kier molecular flexibility index (Phi) is 1.10. The number of ether oxygens (including phenoxy) is 1. The first kappa shape index (κ1) is 5.96. The van der Waals surface area contributed by atoms with Crippen LogP contribution in [0.4, 0.5) is 0 Å². The maximum Gasteiger partial charge on any atom is 0.206 e. The minimum Gasteiger partial charge on any atom is -0.477 e. The summed E-state index contributed by atoms with van der Waals surface area (Å²) in [5, 5.41) is 20.2. The summed E-state index contributed by atoms with van der Waals surface area (Å²) in [6, 6.07) is -0.118. The van der Waals surface area contributed by atoms with Gasteiger partial charge in [0.2, 0.25) is 5.76 Å². The van der Waals surface area contributed by atoms with E-state index in [1.165, 1.54) is 6.26 Å². The number of hydrogen-bond donors (Lipinski definition) is 3. The lowest BCUT2D eigenvalue weighted by atomic mass is 10.2. The highest BCUT2D eigenvalue weighted by Crippen LogP contribution is 2.26. The summed E-state index contributed by atoms with van der Waals surface area (Å²) >= 11 is 0. The number of nitrogens with one attached hydrogen (secondary N) is 1. The van der Waals surface area contributed by atoms with Gasteiger partial charge in [-0.05, 0) is 0 Å². The lowest BCUT2D eigenvalue weighted by Crippen LogP contribution is -2.25. The van der Waals surface area contributed by atoms with E-state index in [0.717, 1.165) is 0 Å². The van der Waals surface area contributed by atoms with E-state index in [2.05, 4.69) is 10.2 Å². The fraction of sp³-hybridized carbons (Fsp3) is 0.600. The molecule has 0 radical (unpaired) electrons. The van der Waals surface area contributed by atoms with Gasteiger partial charge < -0.3 is 14.7 Å². The van der Waals surface area contributed by atoms with E-state index >= 15 is 0 Å². The van der Waals surface area contributed by atoms with Gasteiger partial charge in [-0.1, -0.05) is 0 Å². The first-order valence-electron chi connectivity index (χ1n) is 2.94. The Morgan fingerprint density at radius 3 is 3.20 bits per heavy atom. The summed E-state index contributed by atoms with van der Waals surface area (Å²) in [6.07, 6.45) is 0.309. The summed E-state index contributed by atoms with van der Waals surface area (Å²) in [5.41, 5.74) is 0. The number of fused-ring (bicyclic) bond motifs is 1. The molecule has 2 aliphatic heterocycles. The van der Waals surface area contributed by atoms with Crippen LogP contribution >= 0.6 is 0 Å². The minimum absolute atomic E-state index is 0.0475. The average Bonchev–Trinajstić information content (AvgIpc) is 2.68. The highest BCUT2D eigenvalue weighted by atomic mass is 17.1. The molecule has 0 aromatic rings. The van der Waals surface area contributed by atoms with Crippen LogP contribution in [0.25, 0.3) is 0 Å². The van der Waals surface area contributed by atoms with Crippen LogP contribution in [0, 0.1) is 0 Å². The lowest BCUT2D eigenvalue weighted by Gasteiger charge is -2.13. The molecule has 5 heteroatoms. The minimum atomic E-state index is -0.788. The largest absolute Gasteiger partial charge is 0.477 e. The molecule has 0 saturated carbocycles. The summed E-state index contributed by atoms with van der Waals surface area (Å²) in [5.74, 6) is 0.0475. The highest BCUT2D eigenvalue weighted by Gasteiger charge is 2.49. The highest BCUT2D eigenvalue weighted by molar-refractivity contribution is 5.14. The average molecular weight is 145 g/mol. The summed E-state index contributed by atoms with van der Waals surface area (Å²) < 4.78 is 4.91. The van der Waals surface area contributed by atoms with Gasteiger partial charge in [0.1, 0.15) is 12.4 Å². The molecule has 1 saturated heterocycles. The van der Waals surface area contributed by atoms with Gasteiger partial charge >= 0.3 is 0 Å². The normalized spacial score (nSPS) is 43.0. The zero-order valence-electron chi connectivity index (χ0n) is 5.02. The van der Waals surface area contributed by atoms with Gasteiger partial charge in [0.05, 0.1) is 6.04 Å². The van der Waals surface area contributed by atoms with Crippen LogP contribution in [0.2, 0.25) is 0 Å². The Morgan fingerprint density at radius 2 is 2.50 bits per heavy atom. The van der Waals surface area contributed by atoms with Gasteiger partial charge in [-0.15, -0.1) is 0 Å². The monoisotopic (exact) mass is 145 g/mol. The van der Waals surface area contributed by atoms with Gasteiger partial charge in [0.25, 0.3) is 0 Å². The third-order valence-electron chi connectivity index (χ3n) is 1.64. The van der Waals surface area contributed by atoms with Gasteiger partial charge in [-0.3, -0.25) is 5.32 Å². The first-order chi connectivity index (χ1) is 4.83. The van der Waals surface area contributed by atoms with Gasteiger partial charge in [-0.2, -0.15) is 0 Å². The van der Waals surface area contributed by atoms with Crippen LogP contribution in [-0.4, -0.2) is 28.7 Å². The molecule has 2 heterocycles. The molecule has 3 unspecified atom stereocenters. The van der Waals surface area contributed by atoms with Gasteiger partial charge in [0.15, 0.2) is 6.23 Å². The number of hydrogen-bond acceptors (Lipinski definition) is 5. The summed E-state index contributed by atoms with van der Waals surface area (Å²) in [4.78, 5) is 3.85. The molecule has 0 bridgehead atoms. The van der Waals surface area contributed by atoms with Crippen molar-refractivity contribution in [3.8, 4) is 0 Å². The summed E-state index contributed by atoms with van der Waals surface area (Å²) in [7, 11) is 0. The zero-order chi connectivity index (χ0) is 7.14. The number of aliphatic hydroxyl groups is 1. The molecule has 3 N–H and O–H groups in total. The molecule has 0 aliphatic carbocycles. The predicted octanol–water partition coefficient (Wildman–Crippen LogP) is -0.994. The van der Waals surface area contributed by atoms with Gasteiger partial charge in [0, 0.05) is 0 Å². The molecule has 5 nitrogen and oxygen atoms in total. The Labute approximate surface area is 56.8 Å². The quantitative estimate of drug-likeness (QED) is 0.250. The third kappa shape index (κ3) is 0.683. The van der Waals surface area contributed by atoms with Crippen LogP contribution < -0.4 is 5.32 Å². The Morgan fingerprint density at radius 1 is 1.70 bits per heavy atom. The van der Waals surface area contributed by atoms with E-state index in [9.17, 15) is 5.11 Å². The van der Waals surface area contributed by atoms with E-state index < -0.39 is 6.10 Å². The van der Waals surface area contributed by atoms with Crippen molar-refractivity contribution < 1.29 is 20.0 Å². The van der Waals surface area contributed by atoms with Crippen LogP contribution in [0.5, 0.6) is 0 Å². The molecule has 1 fully saturated rings. The molecule has 0 aromatic carbocycles. The molecule has 56 valence electrons. The topological polar surface area (TPSA) is 80.9 Å². The SMILES string of the molecule is OOC1=COC2NC2C1O. The van der Waals surface area contributed by atoms with Crippen molar-refractivity contribution in [1.82, 2.24) is 5.32 Å². The maximum absolute atomic E-state index is 9.18.